The van der Waals surface area contributed by atoms with E-state index in [1.807, 2.05) is 35.0 Å². The lowest BCUT2D eigenvalue weighted by Crippen LogP contribution is -2.40. The van der Waals surface area contributed by atoms with Gasteiger partial charge in [-0.1, -0.05) is 44.2 Å². The summed E-state index contributed by atoms with van der Waals surface area (Å²) in [6, 6.07) is 10.3. The molecule has 0 aliphatic heterocycles. The van der Waals surface area contributed by atoms with Crippen LogP contribution in [0.4, 0.5) is 0 Å². The molecule has 0 amide bonds. The maximum Gasteiger partial charge on any atom is 0.220 e. The SMILES string of the molecule is CCCN(CCC)C(N)=NC(=N)N(C)CCc1ccccc1. The molecule has 122 valence electrons. The van der Waals surface area contributed by atoms with Gasteiger partial charge in [0.2, 0.25) is 5.96 Å². The Morgan fingerprint density at radius 1 is 1.09 bits per heavy atom. The molecule has 0 unspecified atom stereocenters. The van der Waals surface area contributed by atoms with Gasteiger partial charge in [0.05, 0.1) is 0 Å². The Kier molecular flexibility index (Phi) is 8.04. The van der Waals surface area contributed by atoms with Crippen molar-refractivity contribution in [3.63, 3.8) is 0 Å². The molecule has 1 aromatic rings. The van der Waals surface area contributed by atoms with Gasteiger partial charge in [0.15, 0.2) is 5.96 Å². The van der Waals surface area contributed by atoms with E-state index in [-0.39, 0.29) is 5.96 Å². The Morgan fingerprint density at radius 3 is 2.23 bits per heavy atom. The fraction of sp³-hybridized carbons (Fsp3) is 0.529. The van der Waals surface area contributed by atoms with Gasteiger partial charge in [-0.15, -0.1) is 0 Å². The van der Waals surface area contributed by atoms with Crippen LogP contribution in [0.1, 0.15) is 32.3 Å². The van der Waals surface area contributed by atoms with Gasteiger partial charge in [0.25, 0.3) is 0 Å². The zero-order valence-electron chi connectivity index (χ0n) is 14.0. The summed E-state index contributed by atoms with van der Waals surface area (Å²) in [5, 5.41) is 8.08. The summed E-state index contributed by atoms with van der Waals surface area (Å²) >= 11 is 0. The summed E-state index contributed by atoms with van der Waals surface area (Å²) in [6.45, 7) is 6.75. The van der Waals surface area contributed by atoms with Gasteiger partial charge in [-0.3, -0.25) is 5.41 Å². The lowest BCUT2D eigenvalue weighted by atomic mass is 10.1. The molecule has 1 aromatic carbocycles. The van der Waals surface area contributed by atoms with E-state index in [0.29, 0.717) is 5.96 Å². The topological polar surface area (TPSA) is 68.7 Å². The summed E-state index contributed by atoms with van der Waals surface area (Å²) in [5.41, 5.74) is 7.31. The average Bonchev–Trinajstić information content (AvgIpc) is 2.53. The van der Waals surface area contributed by atoms with Crippen molar-refractivity contribution >= 4 is 11.9 Å². The highest BCUT2D eigenvalue weighted by Crippen LogP contribution is 2.02. The van der Waals surface area contributed by atoms with E-state index in [0.717, 1.165) is 38.9 Å². The molecule has 0 fully saturated rings. The quantitative estimate of drug-likeness (QED) is 0.601. The number of aliphatic imine (C=N–C) groups is 1. The molecule has 1 rings (SSSR count). The lowest BCUT2D eigenvalue weighted by molar-refractivity contribution is 0.411. The van der Waals surface area contributed by atoms with Crippen molar-refractivity contribution in [2.75, 3.05) is 26.7 Å². The smallest absolute Gasteiger partial charge is 0.220 e. The minimum atomic E-state index is 0.214. The van der Waals surface area contributed by atoms with E-state index in [9.17, 15) is 0 Å². The van der Waals surface area contributed by atoms with Crippen molar-refractivity contribution in [2.45, 2.75) is 33.1 Å². The van der Waals surface area contributed by atoms with Crippen LogP contribution in [0.15, 0.2) is 35.3 Å². The molecule has 0 aliphatic carbocycles. The van der Waals surface area contributed by atoms with Gasteiger partial charge in [0.1, 0.15) is 0 Å². The van der Waals surface area contributed by atoms with E-state index in [4.69, 9.17) is 11.1 Å². The summed E-state index contributed by atoms with van der Waals surface area (Å²) in [5.74, 6) is 0.658. The molecule has 0 saturated carbocycles. The fourth-order valence-corrected chi connectivity index (χ4v) is 2.19. The largest absolute Gasteiger partial charge is 0.369 e. The first-order valence-corrected chi connectivity index (χ1v) is 8.01. The molecule has 0 atom stereocenters. The van der Waals surface area contributed by atoms with Crippen LogP contribution in [0.2, 0.25) is 0 Å². The van der Waals surface area contributed by atoms with Crippen LogP contribution < -0.4 is 5.73 Å². The van der Waals surface area contributed by atoms with Crippen LogP contribution in [0.25, 0.3) is 0 Å². The molecule has 0 radical (unpaired) electrons. The summed E-state index contributed by atoms with van der Waals surface area (Å²) in [6.07, 6.45) is 2.93. The molecule has 0 spiro atoms. The summed E-state index contributed by atoms with van der Waals surface area (Å²) < 4.78 is 0. The summed E-state index contributed by atoms with van der Waals surface area (Å²) in [4.78, 5) is 8.13. The monoisotopic (exact) mass is 303 g/mol. The number of guanidine groups is 2. The fourth-order valence-electron chi connectivity index (χ4n) is 2.19. The zero-order chi connectivity index (χ0) is 16.4. The first-order chi connectivity index (χ1) is 10.6. The molecule has 0 aromatic heterocycles. The van der Waals surface area contributed by atoms with Gasteiger partial charge < -0.3 is 15.5 Å². The second-order valence-corrected chi connectivity index (χ2v) is 5.44. The van der Waals surface area contributed by atoms with E-state index in [1.165, 1.54) is 5.56 Å². The minimum Gasteiger partial charge on any atom is -0.369 e. The number of benzene rings is 1. The van der Waals surface area contributed by atoms with E-state index >= 15 is 0 Å². The zero-order valence-corrected chi connectivity index (χ0v) is 14.0. The third-order valence-electron chi connectivity index (χ3n) is 3.47. The Balaban J connectivity index is 2.55. The first-order valence-electron chi connectivity index (χ1n) is 8.01. The van der Waals surface area contributed by atoms with Crippen molar-refractivity contribution in [1.82, 2.24) is 9.80 Å². The number of nitrogens with zero attached hydrogens (tertiary/aromatic N) is 3. The van der Waals surface area contributed by atoms with Crippen molar-refractivity contribution in [1.29, 1.82) is 5.41 Å². The Hall–Kier alpha value is -2.04. The van der Waals surface area contributed by atoms with Gasteiger partial charge in [-0.05, 0) is 24.8 Å². The lowest BCUT2D eigenvalue weighted by Gasteiger charge is -2.24. The van der Waals surface area contributed by atoms with Gasteiger partial charge in [-0.2, -0.15) is 4.99 Å². The van der Waals surface area contributed by atoms with Crippen LogP contribution in [-0.2, 0) is 6.42 Å². The average molecular weight is 303 g/mol. The number of hydrogen-bond acceptors (Lipinski definition) is 1. The minimum absolute atomic E-state index is 0.214. The molecule has 0 aliphatic rings. The molecule has 5 heteroatoms. The Morgan fingerprint density at radius 2 is 1.68 bits per heavy atom. The highest BCUT2D eigenvalue weighted by Gasteiger charge is 2.09. The predicted octanol–water partition coefficient (Wildman–Crippen LogP) is 2.53. The molecular weight excluding hydrogens is 274 g/mol. The molecule has 3 N–H and O–H groups in total. The highest BCUT2D eigenvalue weighted by molar-refractivity contribution is 5.92. The number of likely N-dealkylation sites (N-methyl/N-ethyl adjacent to an activating group) is 1. The summed E-state index contributed by atoms with van der Waals surface area (Å²) in [7, 11) is 1.88. The van der Waals surface area contributed by atoms with E-state index in [2.05, 4.69) is 31.0 Å². The number of nitrogens with one attached hydrogen (secondary N) is 1. The molecule has 0 heterocycles. The van der Waals surface area contributed by atoms with Crippen LogP contribution in [0.3, 0.4) is 0 Å². The third-order valence-corrected chi connectivity index (χ3v) is 3.47. The maximum absolute atomic E-state index is 8.08. The number of nitrogens with two attached hydrogens (primary N) is 1. The maximum atomic E-state index is 8.08. The molecule has 0 bridgehead atoms. The van der Waals surface area contributed by atoms with Crippen molar-refractivity contribution in [3.8, 4) is 0 Å². The number of hydrogen-bond donors (Lipinski definition) is 2. The standard InChI is InChI=1S/C17H29N5/c1-4-12-22(13-5-2)17(19)20-16(18)21(3)14-11-15-9-7-6-8-10-15/h6-10H,4-5,11-14H2,1-3H3,(H3,18,19,20). The van der Waals surface area contributed by atoms with Crippen molar-refractivity contribution in [2.24, 2.45) is 10.7 Å². The predicted molar refractivity (Wildman–Crippen MR) is 94.3 cm³/mol. The molecule has 22 heavy (non-hydrogen) atoms. The van der Waals surface area contributed by atoms with Gasteiger partial charge in [-0.25, -0.2) is 0 Å². The van der Waals surface area contributed by atoms with Gasteiger partial charge in [0, 0.05) is 26.7 Å². The van der Waals surface area contributed by atoms with Crippen LogP contribution in [0, 0.1) is 5.41 Å². The van der Waals surface area contributed by atoms with Crippen molar-refractivity contribution in [3.05, 3.63) is 35.9 Å². The first kappa shape index (κ1) is 18.0. The second kappa shape index (κ2) is 9.82. The van der Waals surface area contributed by atoms with Crippen LogP contribution in [-0.4, -0.2) is 48.4 Å². The highest BCUT2D eigenvalue weighted by atomic mass is 15.3. The van der Waals surface area contributed by atoms with E-state index in [1.54, 1.807) is 0 Å². The van der Waals surface area contributed by atoms with Crippen LogP contribution in [0.5, 0.6) is 0 Å². The molecule has 0 saturated heterocycles. The molecular formula is C17H29N5. The van der Waals surface area contributed by atoms with Crippen molar-refractivity contribution < 1.29 is 0 Å². The molecule has 5 nitrogen and oxygen atoms in total. The third kappa shape index (κ3) is 6.16. The Bertz CT molecular complexity index is 463. The van der Waals surface area contributed by atoms with Crippen LogP contribution >= 0.6 is 0 Å². The normalized spacial score (nSPS) is 11.3. The Labute approximate surface area is 134 Å². The second-order valence-electron chi connectivity index (χ2n) is 5.44. The number of rotatable bonds is 7. The van der Waals surface area contributed by atoms with Gasteiger partial charge >= 0.3 is 0 Å². The van der Waals surface area contributed by atoms with E-state index < -0.39 is 0 Å².